The van der Waals surface area contributed by atoms with E-state index in [4.69, 9.17) is 15.8 Å². The molecule has 0 saturated heterocycles. The molecular formula is C11H12N4O5S. The Balaban J connectivity index is 3.28. The number of hydrogen-bond acceptors (Lipinski definition) is 6. The highest BCUT2D eigenvalue weighted by atomic mass is 32.2. The van der Waals surface area contributed by atoms with Gasteiger partial charge in [0.15, 0.2) is 11.1 Å². The summed E-state index contributed by atoms with van der Waals surface area (Å²) in [5, 5.41) is 3.32. The zero-order valence-electron chi connectivity index (χ0n) is 11.0. The van der Waals surface area contributed by atoms with Crippen molar-refractivity contribution in [3.63, 3.8) is 0 Å². The number of carbonyl (C=O) groups is 2. The molecule has 0 aliphatic heterocycles. The van der Waals surface area contributed by atoms with Crippen LogP contribution in [0.3, 0.4) is 0 Å². The Bertz CT molecular complexity index is 654. The van der Waals surface area contributed by atoms with Crippen LogP contribution in [0.1, 0.15) is 29.3 Å². The molecular weight excluding hydrogens is 300 g/mol. The predicted molar refractivity (Wildman–Crippen MR) is 74.8 cm³/mol. The van der Waals surface area contributed by atoms with Crippen LogP contribution < -0.4 is 5.73 Å². The summed E-state index contributed by atoms with van der Waals surface area (Å²) in [6.07, 6.45) is 0.0103. The van der Waals surface area contributed by atoms with Gasteiger partial charge in [0.2, 0.25) is 0 Å². The number of rotatable bonds is 5. The van der Waals surface area contributed by atoms with Gasteiger partial charge in [0, 0.05) is 11.3 Å². The van der Waals surface area contributed by atoms with Gasteiger partial charge in [-0.1, -0.05) is 18.1 Å². The molecule has 0 aliphatic rings. The van der Waals surface area contributed by atoms with Crippen molar-refractivity contribution in [2.45, 2.75) is 19.1 Å². The van der Waals surface area contributed by atoms with Gasteiger partial charge in [-0.05, 0) is 17.2 Å². The van der Waals surface area contributed by atoms with E-state index in [2.05, 4.69) is 14.8 Å². The third-order valence-corrected chi connectivity index (χ3v) is 3.00. The summed E-state index contributed by atoms with van der Waals surface area (Å²) >= 11 is -2.18. The average Bonchev–Trinajstić information content (AvgIpc) is 2.42. The van der Waals surface area contributed by atoms with Crippen LogP contribution in [-0.2, 0) is 26.4 Å². The van der Waals surface area contributed by atoms with Crippen LogP contribution in [0.15, 0.2) is 17.2 Å². The number of anilines is 1. The van der Waals surface area contributed by atoms with Crippen LogP contribution in [0.2, 0.25) is 0 Å². The summed E-state index contributed by atoms with van der Waals surface area (Å²) < 4.78 is 24.2. The van der Waals surface area contributed by atoms with Crippen molar-refractivity contribution in [3.05, 3.63) is 33.7 Å². The molecule has 3 N–H and O–H groups in total. The van der Waals surface area contributed by atoms with Crippen LogP contribution in [0.4, 0.5) is 11.4 Å². The molecule has 0 radical (unpaired) electrons. The Kier molecular flexibility index (Phi) is 5.85. The molecule has 10 heteroatoms. The minimum Gasteiger partial charge on any atom is -0.398 e. The van der Waals surface area contributed by atoms with E-state index in [-0.39, 0.29) is 34.7 Å². The second-order valence-corrected chi connectivity index (χ2v) is 4.74. The summed E-state index contributed by atoms with van der Waals surface area (Å²) in [4.78, 5) is 25.4. The number of hydrogen-bond donors (Lipinski definition) is 2. The minimum atomic E-state index is -2.18. The van der Waals surface area contributed by atoms with Gasteiger partial charge in [0.05, 0.1) is 22.7 Å². The summed E-state index contributed by atoms with van der Waals surface area (Å²) in [7, 11) is 0. The summed E-state index contributed by atoms with van der Waals surface area (Å²) in [6.45, 7) is 1.52. The lowest BCUT2D eigenvalue weighted by Crippen LogP contribution is -2.13. The van der Waals surface area contributed by atoms with E-state index < -0.39 is 23.0 Å². The zero-order valence-corrected chi connectivity index (χ0v) is 11.8. The lowest BCUT2D eigenvalue weighted by molar-refractivity contribution is -0.137. The monoisotopic (exact) mass is 312 g/mol. The number of nitrogens with zero attached hydrogens (tertiary/aromatic N) is 3. The molecule has 112 valence electrons. The fourth-order valence-corrected chi connectivity index (χ4v) is 1.97. The van der Waals surface area contributed by atoms with E-state index in [0.717, 1.165) is 0 Å². The van der Waals surface area contributed by atoms with Crippen molar-refractivity contribution in [2.24, 2.45) is 5.11 Å². The normalized spacial score (nSPS) is 11.3. The van der Waals surface area contributed by atoms with Crippen LogP contribution in [0.25, 0.3) is 10.4 Å². The SMILES string of the molecule is CCC(=O)OC(=O)c1ccc(CS(=O)O)c(N=[N+]=[N-])c1N. The number of azide groups is 1. The number of ether oxygens (including phenoxy) is 1. The summed E-state index contributed by atoms with van der Waals surface area (Å²) in [5.74, 6) is -2.03. The van der Waals surface area contributed by atoms with Crippen molar-refractivity contribution in [1.29, 1.82) is 0 Å². The highest BCUT2D eigenvalue weighted by Gasteiger charge is 2.19. The maximum absolute atomic E-state index is 11.8. The first-order chi connectivity index (χ1) is 9.90. The first kappa shape index (κ1) is 16.6. The number of benzene rings is 1. The van der Waals surface area contributed by atoms with Crippen LogP contribution in [0, 0.1) is 0 Å². The molecule has 0 spiro atoms. The molecule has 0 amide bonds. The van der Waals surface area contributed by atoms with Crippen molar-refractivity contribution < 1.29 is 23.1 Å². The Morgan fingerprint density at radius 1 is 1.52 bits per heavy atom. The number of nitrogens with two attached hydrogens (primary N) is 1. The lowest BCUT2D eigenvalue weighted by Gasteiger charge is -2.10. The smallest absolute Gasteiger partial charge is 0.347 e. The molecule has 0 aromatic heterocycles. The molecule has 21 heavy (non-hydrogen) atoms. The van der Waals surface area contributed by atoms with Gasteiger partial charge in [0.1, 0.15) is 0 Å². The largest absolute Gasteiger partial charge is 0.398 e. The average molecular weight is 312 g/mol. The van der Waals surface area contributed by atoms with E-state index in [0.29, 0.717) is 0 Å². The van der Waals surface area contributed by atoms with Crippen LogP contribution in [-0.4, -0.2) is 20.7 Å². The van der Waals surface area contributed by atoms with E-state index in [1.165, 1.54) is 19.1 Å². The highest BCUT2D eigenvalue weighted by Crippen LogP contribution is 2.32. The molecule has 0 saturated carbocycles. The molecule has 1 aromatic rings. The summed E-state index contributed by atoms with van der Waals surface area (Å²) in [5.41, 5.74) is 13.9. The van der Waals surface area contributed by atoms with Gasteiger partial charge < -0.3 is 15.0 Å². The molecule has 9 nitrogen and oxygen atoms in total. The molecule has 1 atom stereocenters. The van der Waals surface area contributed by atoms with Crippen molar-refractivity contribution in [2.75, 3.05) is 5.73 Å². The minimum absolute atomic E-state index is 0.0103. The van der Waals surface area contributed by atoms with Crippen LogP contribution >= 0.6 is 0 Å². The van der Waals surface area contributed by atoms with E-state index >= 15 is 0 Å². The standard InChI is InChI=1S/C11H12N4O5S/c1-2-8(16)20-11(17)7-4-3-6(5-21(18)19)10(9(7)12)14-15-13/h3-4H,2,5,12H2,1H3,(H,18,19). The first-order valence-corrected chi connectivity index (χ1v) is 6.97. The first-order valence-electron chi connectivity index (χ1n) is 5.69. The molecule has 0 fully saturated rings. The van der Waals surface area contributed by atoms with Crippen molar-refractivity contribution in [1.82, 2.24) is 0 Å². The second-order valence-electron chi connectivity index (χ2n) is 3.80. The Morgan fingerprint density at radius 3 is 2.71 bits per heavy atom. The van der Waals surface area contributed by atoms with Crippen molar-refractivity contribution >= 4 is 34.4 Å². The van der Waals surface area contributed by atoms with E-state index in [1.807, 2.05) is 0 Å². The van der Waals surface area contributed by atoms with E-state index in [9.17, 15) is 13.8 Å². The molecule has 0 heterocycles. The van der Waals surface area contributed by atoms with E-state index in [1.54, 1.807) is 0 Å². The van der Waals surface area contributed by atoms with Gasteiger partial charge in [-0.25, -0.2) is 9.00 Å². The highest BCUT2D eigenvalue weighted by molar-refractivity contribution is 7.78. The maximum Gasteiger partial charge on any atom is 0.347 e. The lowest BCUT2D eigenvalue weighted by atomic mass is 10.1. The fourth-order valence-electron chi connectivity index (χ4n) is 1.47. The molecule has 0 aliphatic carbocycles. The maximum atomic E-state index is 11.8. The van der Waals surface area contributed by atoms with Gasteiger partial charge in [-0.2, -0.15) is 0 Å². The Hall–Kier alpha value is -2.42. The Morgan fingerprint density at radius 2 is 2.19 bits per heavy atom. The third-order valence-electron chi connectivity index (χ3n) is 2.44. The molecule has 1 unspecified atom stereocenters. The van der Waals surface area contributed by atoms with Gasteiger partial charge in [-0.15, -0.1) is 0 Å². The molecule has 0 bridgehead atoms. The van der Waals surface area contributed by atoms with Gasteiger partial charge in [-0.3, -0.25) is 4.79 Å². The number of esters is 2. The number of carbonyl (C=O) groups excluding carboxylic acids is 2. The van der Waals surface area contributed by atoms with Crippen LogP contribution in [0.5, 0.6) is 0 Å². The summed E-state index contributed by atoms with van der Waals surface area (Å²) in [6, 6.07) is 2.54. The fraction of sp³-hybridized carbons (Fsp3) is 0.273. The zero-order chi connectivity index (χ0) is 16.0. The Labute approximate surface area is 122 Å². The second kappa shape index (κ2) is 7.39. The quantitative estimate of drug-likeness (QED) is 0.161. The van der Waals surface area contributed by atoms with Gasteiger partial charge in [0.25, 0.3) is 0 Å². The third kappa shape index (κ3) is 4.28. The molecule has 1 rings (SSSR count). The molecule has 1 aromatic carbocycles. The topological polar surface area (TPSA) is 155 Å². The van der Waals surface area contributed by atoms with Gasteiger partial charge >= 0.3 is 11.9 Å². The number of nitrogen functional groups attached to an aromatic ring is 1. The van der Waals surface area contributed by atoms with Crippen molar-refractivity contribution in [3.8, 4) is 0 Å². The predicted octanol–water partition coefficient (Wildman–Crippen LogP) is 2.03.